The molecule has 5 nitrogen and oxygen atoms in total. The zero-order valence-corrected chi connectivity index (χ0v) is 12.1. The van der Waals surface area contributed by atoms with E-state index in [1.54, 1.807) is 0 Å². The normalized spacial score (nSPS) is 44.6. The van der Waals surface area contributed by atoms with Crippen molar-refractivity contribution in [3.05, 3.63) is 0 Å². The number of hydrogen-bond donors (Lipinski definition) is 0. The van der Waals surface area contributed by atoms with Crippen molar-refractivity contribution in [3.8, 4) is 0 Å². The van der Waals surface area contributed by atoms with Crippen molar-refractivity contribution in [2.24, 2.45) is 10.8 Å². The molecule has 3 aliphatic rings. The summed E-state index contributed by atoms with van der Waals surface area (Å²) in [4.78, 5) is 28.9. The van der Waals surface area contributed by atoms with Crippen LogP contribution in [0.25, 0.3) is 0 Å². The van der Waals surface area contributed by atoms with Gasteiger partial charge in [-0.25, -0.2) is 0 Å². The number of carbonyl (C=O) groups is 2. The molecule has 0 aromatic carbocycles. The van der Waals surface area contributed by atoms with E-state index in [0.29, 0.717) is 13.1 Å². The Hall–Kier alpha value is -0.940. The zero-order chi connectivity index (χ0) is 14.0. The fourth-order valence-electron chi connectivity index (χ4n) is 4.03. The monoisotopic (exact) mass is 266 g/mol. The molecule has 0 aliphatic carbocycles. The van der Waals surface area contributed by atoms with E-state index in [1.165, 1.54) is 4.90 Å². The molecule has 5 heteroatoms. The minimum atomic E-state index is -0.653. The fourth-order valence-corrected chi connectivity index (χ4v) is 4.03. The number of likely N-dealkylation sites (N-methyl/N-ethyl adjacent to an activating group) is 1. The average molecular weight is 266 g/mol. The second-order valence-corrected chi connectivity index (χ2v) is 6.66. The Morgan fingerprint density at radius 3 is 2.05 bits per heavy atom. The second-order valence-electron chi connectivity index (χ2n) is 6.66. The lowest BCUT2D eigenvalue weighted by Crippen LogP contribution is -2.48. The number of hydrogen-bond acceptors (Lipinski definition) is 4. The first-order valence-corrected chi connectivity index (χ1v) is 7.00. The van der Waals surface area contributed by atoms with Crippen molar-refractivity contribution in [2.75, 3.05) is 27.2 Å². The van der Waals surface area contributed by atoms with Crippen molar-refractivity contribution in [2.45, 2.75) is 38.9 Å². The quantitative estimate of drug-likeness (QED) is 0.698. The minimum absolute atomic E-state index is 0.0333. The van der Waals surface area contributed by atoms with Gasteiger partial charge in [-0.05, 0) is 40.8 Å². The topological polar surface area (TPSA) is 49.9 Å². The Morgan fingerprint density at radius 2 is 1.63 bits per heavy atom. The van der Waals surface area contributed by atoms with Gasteiger partial charge < -0.3 is 9.64 Å². The molecular formula is C14H22N2O3. The van der Waals surface area contributed by atoms with Crippen LogP contribution in [0.15, 0.2) is 0 Å². The highest BCUT2D eigenvalue weighted by molar-refractivity contribution is 6.10. The van der Waals surface area contributed by atoms with E-state index < -0.39 is 10.8 Å². The SMILES string of the molecule is CN(C)CCN1C(=O)[C@@]2(C)[C@@H]3CC[C@@H](O3)[C@@]2(C)C1=O. The Morgan fingerprint density at radius 1 is 1.16 bits per heavy atom. The number of rotatable bonds is 3. The predicted octanol–water partition coefficient (Wildman–Crippen LogP) is 0.491. The van der Waals surface area contributed by atoms with E-state index in [0.717, 1.165) is 12.8 Å². The standard InChI is InChI=1S/C14H22N2O3/c1-13-9-5-6-10(19-9)14(13,2)12(18)16(11(13)17)8-7-15(3)4/h9-10H,5-8H2,1-4H3/t9-,10+,13+,14-. The maximum Gasteiger partial charge on any atom is 0.238 e. The predicted molar refractivity (Wildman–Crippen MR) is 69.4 cm³/mol. The lowest BCUT2D eigenvalue weighted by Gasteiger charge is -2.36. The van der Waals surface area contributed by atoms with Crippen LogP contribution < -0.4 is 0 Å². The Balaban J connectivity index is 1.94. The maximum atomic E-state index is 12.7. The summed E-state index contributed by atoms with van der Waals surface area (Å²) in [6.45, 7) is 5.04. The molecule has 3 heterocycles. The van der Waals surface area contributed by atoms with Gasteiger partial charge in [0.05, 0.1) is 23.0 Å². The van der Waals surface area contributed by atoms with Gasteiger partial charge in [-0.2, -0.15) is 0 Å². The van der Waals surface area contributed by atoms with Crippen LogP contribution in [0, 0.1) is 10.8 Å². The van der Waals surface area contributed by atoms with E-state index in [2.05, 4.69) is 0 Å². The summed E-state index contributed by atoms with van der Waals surface area (Å²) in [5, 5.41) is 0. The van der Waals surface area contributed by atoms with Crippen LogP contribution in [0.5, 0.6) is 0 Å². The molecule has 0 spiro atoms. The van der Waals surface area contributed by atoms with E-state index in [4.69, 9.17) is 4.74 Å². The van der Waals surface area contributed by atoms with Crippen LogP contribution in [0.4, 0.5) is 0 Å². The van der Waals surface area contributed by atoms with Gasteiger partial charge in [-0.1, -0.05) is 0 Å². The third-order valence-electron chi connectivity index (χ3n) is 5.54. The minimum Gasteiger partial charge on any atom is -0.373 e. The van der Waals surface area contributed by atoms with E-state index in [1.807, 2.05) is 32.8 Å². The molecule has 4 atom stereocenters. The molecule has 2 amide bonds. The van der Waals surface area contributed by atoms with Gasteiger partial charge in [0.25, 0.3) is 0 Å². The Labute approximate surface area is 113 Å². The first-order chi connectivity index (χ1) is 8.83. The van der Waals surface area contributed by atoms with Gasteiger partial charge >= 0.3 is 0 Å². The van der Waals surface area contributed by atoms with Crippen molar-refractivity contribution in [1.82, 2.24) is 9.80 Å². The molecule has 0 saturated carbocycles. The highest BCUT2D eigenvalue weighted by atomic mass is 16.5. The molecule has 3 saturated heterocycles. The molecule has 0 aromatic heterocycles. The van der Waals surface area contributed by atoms with Crippen molar-refractivity contribution in [3.63, 3.8) is 0 Å². The summed E-state index contributed by atoms with van der Waals surface area (Å²) in [5.74, 6) is -0.0666. The summed E-state index contributed by atoms with van der Waals surface area (Å²) < 4.78 is 5.88. The largest absolute Gasteiger partial charge is 0.373 e. The Kier molecular flexibility index (Phi) is 2.61. The zero-order valence-electron chi connectivity index (χ0n) is 12.1. The van der Waals surface area contributed by atoms with Crippen molar-refractivity contribution < 1.29 is 14.3 Å². The van der Waals surface area contributed by atoms with E-state index in [-0.39, 0.29) is 24.0 Å². The number of fused-ring (bicyclic) bond motifs is 5. The van der Waals surface area contributed by atoms with Gasteiger partial charge in [0, 0.05) is 13.1 Å². The van der Waals surface area contributed by atoms with Crippen LogP contribution in [0.3, 0.4) is 0 Å². The number of ether oxygens (including phenoxy) is 1. The number of imide groups is 1. The molecule has 19 heavy (non-hydrogen) atoms. The number of nitrogens with zero attached hydrogens (tertiary/aromatic N) is 2. The highest BCUT2D eigenvalue weighted by Gasteiger charge is 2.76. The van der Waals surface area contributed by atoms with Crippen LogP contribution in [-0.2, 0) is 14.3 Å². The van der Waals surface area contributed by atoms with Gasteiger partial charge in [-0.3, -0.25) is 14.5 Å². The summed E-state index contributed by atoms with van der Waals surface area (Å²) in [6.07, 6.45) is 1.64. The molecule has 3 aliphatic heterocycles. The first kappa shape index (κ1) is 13.1. The first-order valence-electron chi connectivity index (χ1n) is 7.00. The van der Waals surface area contributed by atoms with E-state index >= 15 is 0 Å². The van der Waals surface area contributed by atoms with Gasteiger partial charge in [0.2, 0.25) is 11.8 Å². The van der Waals surface area contributed by atoms with Crippen LogP contribution in [0.1, 0.15) is 26.7 Å². The van der Waals surface area contributed by atoms with E-state index in [9.17, 15) is 9.59 Å². The van der Waals surface area contributed by atoms with Crippen LogP contribution in [-0.4, -0.2) is 61.0 Å². The number of amides is 2. The summed E-state index contributed by atoms with van der Waals surface area (Å²) in [6, 6.07) is 0. The lowest BCUT2D eigenvalue weighted by molar-refractivity contribution is -0.145. The molecule has 0 aromatic rings. The Bertz CT molecular complexity index is 416. The maximum absolute atomic E-state index is 12.7. The fraction of sp³-hybridized carbons (Fsp3) is 0.857. The average Bonchev–Trinajstić information content (AvgIpc) is 2.95. The molecule has 0 N–H and O–H groups in total. The van der Waals surface area contributed by atoms with Crippen LogP contribution in [0.2, 0.25) is 0 Å². The smallest absolute Gasteiger partial charge is 0.238 e. The molecule has 3 fully saturated rings. The second kappa shape index (κ2) is 3.79. The molecule has 2 bridgehead atoms. The number of likely N-dealkylation sites (tertiary alicyclic amines) is 1. The summed E-state index contributed by atoms with van der Waals surface area (Å²) >= 11 is 0. The third-order valence-corrected chi connectivity index (χ3v) is 5.54. The molecule has 106 valence electrons. The lowest BCUT2D eigenvalue weighted by atomic mass is 9.59. The molecule has 0 radical (unpaired) electrons. The van der Waals surface area contributed by atoms with Crippen molar-refractivity contribution in [1.29, 1.82) is 0 Å². The van der Waals surface area contributed by atoms with Crippen LogP contribution >= 0.6 is 0 Å². The highest BCUT2D eigenvalue weighted by Crippen LogP contribution is 2.64. The molecular weight excluding hydrogens is 244 g/mol. The summed E-state index contributed by atoms with van der Waals surface area (Å²) in [5.41, 5.74) is -1.31. The number of carbonyl (C=O) groups excluding carboxylic acids is 2. The summed E-state index contributed by atoms with van der Waals surface area (Å²) in [7, 11) is 3.89. The molecule has 3 rings (SSSR count). The van der Waals surface area contributed by atoms with Gasteiger partial charge in [-0.15, -0.1) is 0 Å². The van der Waals surface area contributed by atoms with Crippen molar-refractivity contribution >= 4 is 11.8 Å². The third kappa shape index (κ3) is 1.32. The van der Waals surface area contributed by atoms with Gasteiger partial charge in [0.1, 0.15) is 0 Å². The van der Waals surface area contributed by atoms with Gasteiger partial charge in [0.15, 0.2) is 0 Å². The molecule has 0 unspecified atom stereocenters.